The summed E-state index contributed by atoms with van der Waals surface area (Å²) >= 11 is 5.21. The molecule has 0 fully saturated rings. The van der Waals surface area contributed by atoms with Gasteiger partial charge >= 0.3 is 0 Å². The first-order valence-corrected chi connectivity index (χ1v) is 8.41. The van der Waals surface area contributed by atoms with Crippen molar-refractivity contribution in [1.29, 1.82) is 0 Å². The van der Waals surface area contributed by atoms with Gasteiger partial charge in [0.05, 0.1) is 17.2 Å². The monoisotopic (exact) mass is 372 g/mol. The zero-order chi connectivity index (χ0) is 19.1. The average molecular weight is 372 g/mol. The number of anilines is 1. The van der Waals surface area contributed by atoms with Crippen LogP contribution in [0.3, 0.4) is 0 Å². The lowest BCUT2D eigenvalue weighted by molar-refractivity contribution is -0.385. The lowest BCUT2D eigenvalue weighted by Crippen LogP contribution is -2.24. The second-order valence-corrected chi connectivity index (χ2v) is 5.89. The third-order valence-electron chi connectivity index (χ3n) is 3.57. The van der Waals surface area contributed by atoms with Crippen LogP contribution in [0.5, 0.6) is 5.75 Å². The van der Waals surface area contributed by atoms with Crippen LogP contribution in [0.4, 0.5) is 11.4 Å². The summed E-state index contributed by atoms with van der Waals surface area (Å²) in [5.74, 6) is 0.784. The van der Waals surface area contributed by atoms with E-state index in [1.54, 1.807) is 26.0 Å². The summed E-state index contributed by atoms with van der Waals surface area (Å²) in [5, 5.41) is 18.5. The van der Waals surface area contributed by atoms with Crippen LogP contribution < -0.4 is 15.5 Å². The molecule has 2 aromatic rings. The number of benzene rings is 2. The number of hydrazone groups is 1. The van der Waals surface area contributed by atoms with Crippen LogP contribution in [0.15, 0.2) is 47.6 Å². The molecular formula is C18H20N4O3S. The molecule has 2 N–H and O–H groups in total. The van der Waals surface area contributed by atoms with E-state index in [1.165, 1.54) is 6.07 Å². The Hall–Kier alpha value is -3.00. The van der Waals surface area contributed by atoms with E-state index in [1.807, 2.05) is 31.2 Å². The van der Waals surface area contributed by atoms with Crippen molar-refractivity contribution in [2.75, 3.05) is 11.9 Å². The van der Waals surface area contributed by atoms with Crippen LogP contribution in [0.25, 0.3) is 0 Å². The molecule has 0 aliphatic heterocycles. The first-order chi connectivity index (χ1) is 12.4. The molecule has 0 aliphatic rings. The van der Waals surface area contributed by atoms with Crippen molar-refractivity contribution in [1.82, 2.24) is 5.43 Å². The van der Waals surface area contributed by atoms with Gasteiger partial charge in [0.15, 0.2) is 5.11 Å². The third-order valence-corrected chi connectivity index (χ3v) is 3.77. The van der Waals surface area contributed by atoms with Crippen molar-refractivity contribution >= 4 is 34.4 Å². The molecule has 0 amide bonds. The first-order valence-electron chi connectivity index (χ1n) is 8.00. The molecule has 2 rings (SSSR count). The summed E-state index contributed by atoms with van der Waals surface area (Å²) in [5.41, 5.74) is 5.44. The van der Waals surface area contributed by atoms with Gasteiger partial charge in [0.1, 0.15) is 5.75 Å². The van der Waals surface area contributed by atoms with E-state index in [0.717, 1.165) is 11.4 Å². The Bertz CT molecular complexity index is 835. The summed E-state index contributed by atoms with van der Waals surface area (Å²) in [6, 6.07) is 12.4. The predicted molar refractivity (Wildman–Crippen MR) is 107 cm³/mol. The Kier molecular flexibility index (Phi) is 6.62. The SMILES string of the molecule is CCOc1ccc(NC(=S)N/N=C(/C)c2ccc(C)c([N+](=O)[O-])c2)cc1. The van der Waals surface area contributed by atoms with Crippen molar-refractivity contribution < 1.29 is 9.66 Å². The lowest BCUT2D eigenvalue weighted by atomic mass is 10.1. The van der Waals surface area contributed by atoms with Gasteiger partial charge in [-0.15, -0.1) is 0 Å². The maximum Gasteiger partial charge on any atom is 0.272 e. The molecule has 0 unspecified atom stereocenters. The van der Waals surface area contributed by atoms with Crippen molar-refractivity contribution in [3.8, 4) is 5.75 Å². The molecule has 136 valence electrons. The van der Waals surface area contributed by atoms with E-state index < -0.39 is 4.92 Å². The van der Waals surface area contributed by atoms with Gasteiger partial charge in [-0.3, -0.25) is 15.5 Å². The van der Waals surface area contributed by atoms with Gasteiger partial charge < -0.3 is 10.1 Å². The van der Waals surface area contributed by atoms with E-state index in [4.69, 9.17) is 17.0 Å². The van der Waals surface area contributed by atoms with Crippen LogP contribution in [-0.2, 0) is 0 Å². The molecule has 2 aromatic carbocycles. The molecule has 0 heterocycles. The van der Waals surface area contributed by atoms with Gasteiger partial charge in [-0.1, -0.05) is 12.1 Å². The fourth-order valence-corrected chi connectivity index (χ4v) is 2.35. The van der Waals surface area contributed by atoms with Gasteiger partial charge in [-0.05, 0) is 57.3 Å². The second kappa shape index (κ2) is 8.91. The van der Waals surface area contributed by atoms with E-state index in [9.17, 15) is 10.1 Å². The van der Waals surface area contributed by atoms with Crippen LogP contribution >= 0.6 is 12.2 Å². The van der Waals surface area contributed by atoms with Gasteiger partial charge in [0, 0.05) is 22.9 Å². The summed E-state index contributed by atoms with van der Waals surface area (Å²) in [6.07, 6.45) is 0. The van der Waals surface area contributed by atoms with Crippen LogP contribution in [0, 0.1) is 17.0 Å². The summed E-state index contributed by atoms with van der Waals surface area (Å²) < 4.78 is 5.38. The third kappa shape index (κ3) is 5.25. The first kappa shape index (κ1) is 19.3. The minimum absolute atomic E-state index is 0.0622. The number of nitro benzene ring substituents is 1. The van der Waals surface area contributed by atoms with E-state index >= 15 is 0 Å². The van der Waals surface area contributed by atoms with Crippen molar-refractivity contribution in [3.05, 3.63) is 63.7 Å². The van der Waals surface area contributed by atoms with E-state index in [-0.39, 0.29) is 5.69 Å². The Balaban J connectivity index is 2.00. The van der Waals surface area contributed by atoms with Gasteiger partial charge in [-0.25, -0.2) is 0 Å². The highest BCUT2D eigenvalue weighted by atomic mass is 32.1. The van der Waals surface area contributed by atoms with Crippen molar-refractivity contribution in [2.24, 2.45) is 5.10 Å². The normalized spacial score (nSPS) is 11.0. The van der Waals surface area contributed by atoms with Crippen LogP contribution in [0.1, 0.15) is 25.0 Å². The summed E-state index contributed by atoms with van der Waals surface area (Å²) in [7, 11) is 0. The number of nitrogens with zero attached hydrogens (tertiary/aromatic N) is 2. The van der Waals surface area contributed by atoms with Crippen LogP contribution in [-0.4, -0.2) is 22.4 Å². The molecule has 0 radical (unpaired) electrons. The highest BCUT2D eigenvalue weighted by molar-refractivity contribution is 7.80. The summed E-state index contributed by atoms with van der Waals surface area (Å²) in [6.45, 7) is 5.98. The lowest BCUT2D eigenvalue weighted by Gasteiger charge is -2.09. The van der Waals surface area contributed by atoms with Gasteiger partial charge in [0.25, 0.3) is 5.69 Å². The standard InChI is InChI=1S/C18H20N4O3S/c1-4-25-16-9-7-15(8-10-16)19-18(26)21-20-13(3)14-6-5-12(2)17(11-14)22(23)24/h5-11H,4H2,1-3H3,(H2,19,21,26)/b20-13-. The quantitative estimate of drug-likeness (QED) is 0.345. The number of aryl methyl sites for hydroxylation is 1. The van der Waals surface area contributed by atoms with Crippen LogP contribution in [0.2, 0.25) is 0 Å². The Morgan fingerprint density at radius 2 is 1.96 bits per heavy atom. The van der Waals surface area contributed by atoms with Crippen molar-refractivity contribution in [2.45, 2.75) is 20.8 Å². The fraction of sp³-hybridized carbons (Fsp3) is 0.222. The Morgan fingerprint density at radius 1 is 1.27 bits per heavy atom. The number of nitrogens with one attached hydrogen (secondary N) is 2. The molecule has 26 heavy (non-hydrogen) atoms. The Morgan fingerprint density at radius 3 is 2.58 bits per heavy atom. The largest absolute Gasteiger partial charge is 0.494 e. The smallest absolute Gasteiger partial charge is 0.272 e. The predicted octanol–water partition coefficient (Wildman–Crippen LogP) is 4.01. The molecule has 0 spiro atoms. The molecule has 0 aromatic heterocycles. The zero-order valence-electron chi connectivity index (χ0n) is 14.8. The second-order valence-electron chi connectivity index (χ2n) is 5.48. The molecule has 8 heteroatoms. The average Bonchev–Trinajstić information content (AvgIpc) is 2.61. The minimum Gasteiger partial charge on any atom is -0.494 e. The van der Waals surface area contributed by atoms with Crippen molar-refractivity contribution in [3.63, 3.8) is 0 Å². The molecule has 7 nitrogen and oxygen atoms in total. The molecule has 0 saturated heterocycles. The van der Waals surface area contributed by atoms with Gasteiger partial charge in [-0.2, -0.15) is 5.10 Å². The molecular weight excluding hydrogens is 352 g/mol. The van der Waals surface area contributed by atoms with E-state index in [0.29, 0.717) is 28.6 Å². The topological polar surface area (TPSA) is 88.8 Å². The number of hydrogen-bond donors (Lipinski definition) is 2. The molecule has 0 atom stereocenters. The van der Waals surface area contributed by atoms with E-state index in [2.05, 4.69) is 15.8 Å². The molecule has 0 bridgehead atoms. The number of thiocarbonyl (C=S) groups is 1. The van der Waals surface area contributed by atoms with Gasteiger partial charge in [0.2, 0.25) is 0 Å². The summed E-state index contributed by atoms with van der Waals surface area (Å²) in [4.78, 5) is 10.6. The highest BCUT2D eigenvalue weighted by Gasteiger charge is 2.12. The maximum atomic E-state index is 11.0. The Labute approximate surface area is 157 Å². The maximum absolute atomic E-state index is 11.0. The molecule has 0 saturated carbocycles. The molecule has 0 aliphatic carbocycles. The minimum atomic E-state index is -0.405. The highest BCUT2D eigenvalue weighted by Crippen LogP contribution is 2.19. The zero-order valence-corrected chi connectivity index (χ0v) is 15.6. The number of hydrogen-bond acceptors (Lipinski definition) is 5. The number of nitro groups is 1. The number of ether oxygens (including phenoxy) is 1. The number of rotatable bonds is 6. The fourth-order valence-electron chi connectivity index (χ4n) is 2.19.